The van der Waals surface area contributed by atoms with E-state index >= 15 is 0 Å². The number of nitrogens with one attached hydrogen (secondary N) is 1. The molecule has 0 radical (unpaired) electrons. The Hall–Kier alpha value is -1.55. The van der Waals surface area contributed by atoms with E-state index in [1.54, 1.807) is 0 Å². The Morgan fingerprint density at radius 1 is 1.44 bits per heavy atom. The normalized spacial score (nSPS) is 10.9. The number of nitrogens with zero attached hydrogens (tertiary/aromatic N) is 2. The first-order valence-corrected chi connectivity index (χ1v) is 5.56. The summed E-state index contributed by atoms with van der Waals surface area (Å²) in [7, 11) is 0. The van der Waals surface area contributed by atoms with Crippen LogP contribution in [-0.2, 0) is 19.6 Å². The van der Waals surface area contributed by atoms with Crippen LogP contribution in [0.4, 0.5) is 0 Å². The van der Waals surface area contributed by atoms with Crippen LogP contribution in [0.2, 0.25) is 0 Å². The minimum Gasteiger partial charge on any atom is -0.360 e. The van der Waals surface area contributed by atoms with Gasteiger partial charge in [0.15, 0.2) is 5.76 Å². The molecule has 0 bridgehead atoms. The Morgan fingerprint density at radius 3 is 3.00 bits per heavy atom. The van der Waals surface area contributed by atoms with Gasteiger partial charge in [-0.15, -0.1) is 0 Å². The molecule has 0 aliphatic rings. The van der Waals surface area contributed by atoms with Crippen LogP contribution in [0, 0.1) is 6.92 Å². The zero-order valence-electron chi connectivity index (χ0n) is 9.73. The third-order valence-electron chi connectivity index (χ3n) is 2.55. The average Bonchev–Trinajstić information content (AvgIpc) is 2.87. The van der Waals surface area contributed by atoms with Crippen molar-refractivity contribution in [2.75, 3.05) is 0 Å². The number of aryl methyl sites for hydroxylation is 2. The minimum atomic E-state index is 0.718. The molecule has 0 aliphatic carbocycles. The van der Waals surface area contributed by atoms with Crippen LogP contribution >= 0.6 is 0 Å². The molecule has 0 aliphatic heterocycles. The first-order chi connectivity index (χ1) is 7.79. The van der Waals surface area contributed by atoms with Crippen molar-refractivity contribution in [3.05, 3.63) is 41.5 Å². The third kappa shape index (κ3) is 2.52. The van der Waals surface area contributed by atoms with Crippen molar-refractivity contribution in [1.82, 2.24) is 15.0 Å². The maximum atomic E-state index is 5.12. The van der Waals surface area contributed by atoms with Gasteiger partial charge in [-0.25, -0.2) is 0 Å². The molecule has 0 amide bonds. The Balaban J connectivity index is 1.84. The Labute approximate surface area is 95.2 Å². The summed E-state index contributed by atoms with van der Waals surface area (Å²) >= 11 is 0. The lowest BCUT2D eigenvalue weighted by Gasteiger charge is -2.06. The molecule has 4 heteroatoms. The SMILES string of the molecule is CCn1cccc1CNCc1cc(C)no1. The van der Waals surface area contributed by atoms with E-state index in [1.165, 1.54) is 5.69 Å². The molecule has 0 saturated heterocycles. The maximum Gasteiger partial charge on any atom is 0.150 e. The topological polar surface area (TPSA) is 43.0 Å². The smallest absolute Gasteiger partial charge is 0.150 e. The number of hydrogen-bond donors (Lipinski definition) is 1. The summed E-state index contributed by atoms with van der Waals surface area (Å²) in [6.45, 7) is 6.64. The van der Waals surface area contributed by atoms with E-state index in [1.807, 2.05) is 13.0 Å². The Kier molecular flexibility index (Phi) is 3.41. The lowest BCUT2D eigenvalue weighted by atomic mass is 10.3. The summed E-state index contributed by atoms with van der Waals surface area (Å²) in [6.07, 6.45) is 2.09. The molecule has 2 aromatic rings. The molecule has 16 heavy (non-hydrogen) atoms. The highest BCUT2D eigenvalue weighted by Crippen LogP contribution is 2.04. The number of hydrogen-bond acceptors (Lipinski definition) is 3. The van der Waals surface area contributed by atoms with Crippen LogP contribution in [-0.4, -0.2) is 9.72 Å². The monoisotopic (exact) mass is 219 g/mol. The molecule has 0 unspecified atom stereocenters. The van der Waals surface area contributed by atoms with Crippen LogP contribution in [0.25, 0.3) is 0 Å². The third-order valence-corrected chi connectivity index (χ3v) is 2.55. The summed E-state index contributed by atoms with van der Waals surface area (Å²) in [6, 6.07) is 6.15. The van der Waals surface area contributed by atoms with Crippen LogP contribution in [0.5, 0.6) is 0 Å². The van der Waals surface area contributed by atoms with Crippen molar-refractivity contribution in [2.45, 2.75) is 33.5 Å². The molecule has 0 atom stereocenters. The standard InChI is InChI=1S/C12H17N3O/c1-3-15-6-4-5-11(15)8-13-9-12-7-10(2)14-16-12/h4-7,13H,3,8-9H2,1-2H3. The predicted octanol–water partition coefficient (Wildman–Crippen LogP) is 2.09. The molecular weight excluding hydrogens is 202 g/mol. The van der Waals surface area contributed by atoms with E-state index in [-0.39, 0.29) is 0 Å². The lowest BCUT2D eigenvalue weighted by Crippen LogP contribution is -2.15. The number of rotatable bonds is 5. The van der Waals surface area contributed by atoms with Gasteiger partial charge in [0.05, 0.1) is 12.2 Å². The summed E-state index contributed by atoms with van der Waals surface area (Å²) in [5.74, 6) is 0.882. The van der Waals surface area contributed by atoms with Crippen molar-refractivity contribution >= 4 is 0 Å². The van der Waals surface area contributed by atoms with Gasteiger partial charge in [0, 0.05) is 31.0 Å². The second kappa shape index (κ2) is 4.99. The van der Waals surface area contributed by atoms with Gasteiger partial charge in [0.2, 0.25) is 0 Å². The van der Waals surface area contributed by atoms with E-state index in [0.29, 0.717) is 0 Å². The minimum absolute atomic E-state index is 0.718. The highest BCUT2D eigenvalue weighted by Gasteiger charge is 2.01. The molecule has 2 aromatic heterocycles. The molecule has 86 valence electrons. The van der Waals surface area contributed by atoms with E-state index in [2.05, 4.69) is 40.3 Å². The summed E-state index contributed by atoms with van der Waals surface area (Å²) in [5, 5.41) is 7.18. The average molecular weight is 219 g/mol. The zero-order valence-corrected chi connectivity index (χ0v) is 9.73. The Morgan fingerprint density at radius 2 is 2.31 bits per heavy atom. The highest BCUT2D eigenvalue weighted by molar-refractivity contribution is 5.07. The molecule has 2 rings (SSSR count). The van der Waals surface area contributed by atoms with E-state index in [4.69, 9.17) is 4.52 Å². The molecule has 2 heterocycles. The van der Waals surface area contributed by atoms with Gasteiger partial charge in [-0.2, -0.15) is 0 Å². The van der Waals surface area contributed by atoms with Crippen LogP contribution in [0.1, 0.15) is 24.1 Å². The van der Waals surface area contributed by atoms with Crippen molar-refractivity contribution in [2.24, 2.45) is 0 Å². The maximum absolute atomic E-state index is 5.12. The fourth-order valence-electron chi connectivity index (χ4n) is 1.73. The van der Waals surface area contributed by atoms with Crippen LogP contribution in [0.3, 0.4) is 0 Å². The van der Waals surface area contributed by atoms with Crippen molar-refractivity contribution in [3.63, 3.8) is 0 Å². The zero-order chi connectivity index (χ0) is 11.4. The summed E-state index contributed by atoms with van der Waals surface area (Å²) < 4.78 is 7.34. The Bertz CT molecular complexity index is 445. The fourth-order valence-corrected chi connectivity index (χ4v) is 1.73. The van der Waals surface area contributed by atoms with Gasteiger partial charge in [-0.1, -0.05) is 5.16 Å². The molecular formula is C12H17N3O. The molecule has 4 nitrogen and oxygen atoms in total. The summed E-state index contributed by atoms with van der Waals surface area (Å²) in [5.41, 5.74) is 2.22. The van der Waals surface area contributed by atoms with Crippen molar-refractivity contribution in [1.29, 1.82) is 0 Å². The largest absolute Gasteiger partial charge is 0.360 e. The highest BCUT2D eigenvalue weighted by atomic mass is 16.5. The lowest BCUT2D eigenvalue weighted by molar-refractivity contribution is 0.368. The van der Waals surface area contributed by atoms with Gasteiger partial charge in [0.25, 0.3) is 0 Å². The quantitative estimate of drug-likeness (QED) is 0.837. The molecule has 0 saturated carbocycles. The molecule has 0 aromatic carbocycles. The van der Waals surface area contributed by atoms with E-state index < -0.39 is 0 Å². The van der Waals surface area contributed by atoms with Gasteiger partial charge in [0.1, 0.15) is 0 Å². The first-order valence-electron chi connectivity index (χ1n) is 5.56. The number of aromatic nitrogens is 2. The van der Waals surface area contributed by atoms with Gasteiger partial charge in [-0.05, 0) is 26.0 Å². The fraction of sp³-hybridized carbons (Fsp3) is 0.417. The second-order valence-electron chi connectivity index (χ2n) is 3.82. The molecule has 0 spiro atoms. The van der Waals surface area contributed by atoms with E-state index in [9.17, 15) is 0 Å². The van der Waals surface area contributed by atoms with Crippen molar-refractivity contribution in [3.8, 4) is 0 Å². The predicted molar refractivity (Wildman–Crippen MR) is 61.9 cm³/mol. The molecule has 0 fully saturated rings. The van der Waals surface area contributed by atoms with Crippen molar-refractivity contribution < 1.29 is 4.52 Å². The van der Waals surface area contributed by atoms with Gasteiger partial charge >= 0.3 is 0 Å². The second-order valence-corrected chi connectivity index (χ2v) is 3.82. The molecule has 1 N–H and O–H groups in total. The van der Waals surface area contributed by atoms with Gasteiger partial charge in [-0.3, -0.25) is 0 Å². The van der Waals surface area contributed by atoms with E-state index in [0.717, 1.165) is 31.1 Å². The first kappa shape index (κ1) is 11.0. The van der Waals surface area contributed by atoms with Gasteiger partial charge < -0.3 is 14.4 Å². The summed E-state index contributed by atoms with van der Waals surface area (Å²) in [4.78, 5) is 0. The van der Waals surface area contributed by atoms with Crippen LogP contribution < -0.4 is 5.32 Å². The van der Waals surface area contributed by atoms with Crippen LogP contribution in [0.15, 0.2) is 28.9 Å².